The molecule has 0 saturated carbocycles. The SMILES string of the molecule is CC(Nc1ccc2c(c1)OCCO2)C(=O)N1CCC(Cc2ccccc2)CC1. The van der Waals surface area contributed by atoms with Crippen molar-refractivity contribution >= 4 is 11.6 Å². The monoisotopic (exact) mass is 380 g/mol. The molecule has 0 bridgehead atoms. The van der Waals surface area contributed by atoms with Crippen LogP contribution in [0.15, 0.2) is 48.5 Å². The number of nitrogens with one attached hydrogen (secondary N) is 1. The van der Waals surface area contributed by atoms with Gasteiger partial charge in [-0.3, -0.25) is 4.79 Å². The lowest BCUT2D eigenvalue weighted by atomic mass is 9.90. The molecule has 2 aromatic carbocycles. The third kappa shape index (κ3) is 4.41. The molecule has 0 spiro atoms. The smallest absolute Gasteiger partial charge is 0.244 e. The minimum absolute atomic E-state index is 0.160. The largest absolute Gasteiger partial charge is 0.486 e. The van der Waals surface area contributed by atoms with E-state index in [0.717, 1.165) is 49.5 Å². The lowest BCUT2D eigenvalue weighted by Crippen LogP contribution is -2.45. The van der Waals surface area contributed by atoms with E-state index < -0.39 is 0 Å². The lowest BCUT2D eigenvalue weighted by Gasteiger charge is -2.34. The van der Waals surface area contributed by atoms with Crippen LogP contribution in [0.1, 0.15) is 25.3 Å². The van der Waals surface area contributed by atoms with Crippen molar-refractivity contribution < 1.29 is 14.3 Å². The van der Waals surface area contributed by atoms with Crippen molar-refractivity contribution in [1.82, 2.24) is 4.90 Å². The van der Waals surface area contributed by atoms with E-state index >= 15 is 0 Å². The minimum atomic E-state index is -0.270. The van der Waals surface area contributed by atoms with Gasteiger partial charge in [-0.25, -0.2) is 0 Å². The Kier molecular flexibility index (Phi) is 5.70. The molecule has 5 heteroatoms. The number of hydrogen-bond donors (Lipinski definition) is 1. The highest BCUT2D eigenvalue weighted by Crippen LogP contribution is 2.33. The van der Waals surface area contributed by atoms with E-state index in [9.17, 15) is 4.79 Å². The Balaban J connectivity index is 1.29. The third-order valence-electron chi connectivity index (χ3n) is 5.59. The molecule has 2 aliphatic heterocycles. The Hall–Kier alpha value is -2.69. The number of rotatable bonds is 5. The standard InChI is InChI=1S/C23H28N2O3/c1-17(24-20-7-8-21-22(16-20)28-14-13-27-21)23(26)25-11-9-19(10-12-25)15-18-5-3-2-4-6-18/h2-8,16-17,19,24H,9-15H2,1H3. The first-order valence-electron chi connectivity index (χ1n) is 10.2. The molecule has 1 amide bonds. The second-order valence-corrected chi connectivity index (χ2v) is 7.68. The fourth-order valence-electron chi connectivity index (χ4n) is 4.02. The molecule has 2 aromatic rings. The molecule has 5 nitrogen and oxygen atoms in total. The van der Waals surface area contributed by atoms with Gasteiger partial charge in [-0.15, -0.1) is 0 Å². The Labute approximate surface area is 166 Å². The van der Waals surface area contributed by atoms with Gasteiger partial charge in [-0.1, -0.05) is 30.3 Å². The number of amides is 1. The molecular formula is C23H28N2O3. The predicted octanol–water partition coefficient (Wildman–Crippen LogP) is 3.74. The summed E-state index contributed by atoms with van der Waals surface area (Å²) in [4.78, 5) is 14.9. The first kappa shape index (κ1) is 18.7. The summed E-state index contributed by atoms with van der Waals surface area (Å²) in [6, 6.07) is 16.1. The Morgan fingerprint density at radius 3 is 2.54 bits per heavy atom. The van der Waals surface area contributed by atoms with Crippen molar-refractivity contribution in [2.45, 2.75) is 32.2 Å². The number of piperidine rings is 1. The van der Waals surface area contributed by atoms with Crippen LogP contribution in [0.5, 0.6) is 11.5 Å². The fraction of sp³-hybridized carbons (Fsp3) is 0.435. The van der Waals surface area contributed by atoms with E-state index in [0.29, 0.717) is 19.1 Å². The van der Waals surface area contributed by atoms with E-state index in [1.54, 1.807) is 0 Å². The zero-order valence-corrected chi connectivity index (χ0v) is 16.4. The highest BCUT2D eigenvalue weighted by atomic mass is 16.6. The van der Waals surface area contributed by atoms with Crippen molar-refractivity contribution in [2.24, 2.45) is 5.92 Å². The predicted molar refractivity (Wildman–Crippen MR) is 110 cm³/mol. The number of fused-ring (bicyclic) bond motifs is 1. The normalized spacial score (nSPS) is 17.8. The summed E-state index contributed by atoms with van der Waals surface area (Å²) in [5, 5.41) is 3.31. The van der Waals surface area contributed by atoms with Gasteiger partial charge in [0.05, 0.1) is 0 Å². The van der Waals surface area contributed by atoms with Gasteiger partial charge in [0.25, 0.3) is 0 Å². The molecule has 148 valence electrons. The summed E-state index contributed by atoms with van der Waals surface area (Å²) in [5.41, 5.74) is 2.27. The molecule has 0 radical (unpaired) electrons. The molecule has 1 saturated heterocycles. The van der Waals surface area contributed by atoms with Gasteiger partial charge in [0.2, 0.25) is 5.91 Å². The zero-order valence-electron chi connectivity index (χ0n) is 16.4. The van der Waals surface area contributed by atoms with Crippen LogP contribution in [0, 0.1) is 5.92 Å². The number of anilines is 1. The van der Waals surface area contributed by atoms with Crippen molar-refractivity contribution in [3.05, 3.63) is 54.1 Å². The van der Waals surface area contributed by atoms with Gasteiger partial charge in [-0.2, -0.15) is 0 Å². The van der Waals surface area contributed by atoms with E-state index in [-0.39, 0.29) is 11.9 Å². The van der Waals surface area contributed by atoms with Gasteiger partial charge >= 0.3 is 0 Å². The minimum Gasteiger partial charge on any atom is -0.486 e. The number of carbonyl (C=O) groups is 1. The maximum Gasteiger partial charge on any atom is 0.244 e. The van der Waals surface area contributed by atoms with Crippen LogP contribution in [0.3, 0.4) is 0 Å². The van der Waals surface area contributed by atoms with Crippen molar-refractivity contribution in [3.63, 3.8) is 0 Å². The molecule has 1 unspecified atom stereocenters. The number of ether oxygens (including phenoxy) is 2. The lowest BCUT2D eigenvalue weighted by molar-refractivity contribution is -0.133. The van der Waals surface area contributed by atoms with Crippen LogP contribution < -0.4 is 14.8 Å². The maximum absolute atomic E-state index is 12.9. The Morgan fingerprint density at radius 1 is 1.07 bits per heavy atom. The summed E-state index contributed by atoms with van der Waals surface area (Å²) in [5.74, 6) is 2.31. The quantitative estimate of drug-likeness (QED) is 0.859. The highest BCUT2D eigenvalue weighted by molar-refractivity contribution is 5.84. The van der Waals surface area contributed by atoms with E-state index in [2.05, 4.69) is 35.6 Å². The number of likely N-dealkylation sites (tertiary alicyclic amines) is 1. The van der Waals surface area contributed by atoms with Crippen LogP contribution in [0.25, 0.3) is 0 Å². The molecule has 2 heterocycles. The molecule has 1 fully saturated rings. The Morgan fingerprint density at radius 2 is 1.79 bits per heavy atom. The number of hydrogen-bond acceptors (Lipinski definition) is 4. The van der Waals surface area contributed by atoms with Gasteiger partial charge < -0.3 is 19.7 Å². The van der Waals surface area contributed by atoms with Gasteiger partial charge in [0.15, 0.2) is 11.5 Å². The molecule has 1 N–H and O–H groups in total. The van der Waals surface area contributed by atoms with E-state index in [1.807, 2.05) is 30.0 Å². The average molecular weight is 380 g/mol. The van der Waals surface area contributed by atoms with E-state index in [1.165, 1.54) is 5.56 Å². The van der Waals surface area contributed by atoms with Crippen molar-refractivity contribution in [3.8, 4) is 11.5 Å². The second-order valence-electron chi connectivity index (χ2n) is 7.68. The first-order chi connectivity index (χ1) is 13.7. The highest BCUT2D eigenvalue weighted by Gasteiger charge is 2.26. The van der Waals surface area contributed by atoms with Gasteiger partial charge in [0.1, 0.15) is 19.3 Å². The van der Waals surface area contributed by atoms with E-state index in [4.69, 9.17) is 9.47 Å². The Bertz CT molecular complexity index is 801. The molecule has 1 atom stereocenters. The van der Waals surface area contributed by atoms with Gasteiger partial charge in [-0.05, 0) is 49.8 Å². The number of benzene rings is 2. The van der Waals surface area contributed by atoms with Crippen LogP contribution in [-0.4, -0.2) is 43.2 Å². The molecule has 0 aromatic heterocycles. The summed E-state index contributed by atoms with van der Waals surface area (Å²) in [7, 11) is 0. The molecule has 28 heavy (non-hydrogen) atoms. The third-order valence-corrected chi connectivity index (χ3v) is 5.59. The summed E-state index contributed by atoms with van der Waals surface area (Å²) >= 11 is 0. The first-order valence-corrected chi connectivity index (χ1v) is 10.2. The maximum atomic E-state index is 12.9. The molecule has 2 aliphatic rings. The molecular weight excluding hydrogens is 352 g/mol. The molecule has 0 aliphatic carbocycles. The fourth-order valence-corrected chi connectivity index (χ4v) is 4.02. The summed E-state index contributed by atoms with van der Waals surface area (Å²) in [6.45, 7) is 4.74. The van der Waals surface area contributed by atoms with Gasteiger partial charge in [0, 0.05) is 24.8 Å². The summed E-state index contributed by atoms with van der Waals surface area (Å²) in [6.07, 6.45) is 3.24. The van der Waals surface area contributed by atoms with Crippen LogP contribution in [0.2, 0.25) is 0 Å². The van der Waals surface area contributed by atoms with Crippen molar-refractivity contribution in [2.75, 3.05) is 31.6 Å². The second kappa shape index (κ2) is 8.55. The van der Waals surface area contributed by atoms with Crippen LogP contribution >= 0.6 is 0 Å². The number of carbonyl (C=O) groups excluding carboxylic acids is 1. The zero-order chi connectivity index (χ0) is 19.3. The number of nitrogens with zero attached hydrogens (tertiary/aromatic N) is 1. The average Bonchev–Trinajstić information content (AvgIpc) is 2.74. The molecule has 4 rings (SSSR count). The van der Waals surface area contributed by atoms with Crippen molar-refractivity contribution in [1.29, 1.82) is 0 Å². The van der Waals surface area contributed by atoms with Crippen LogP contribution in [-0.2, 0) is 11.2 Å². The topological polar surface area (TPSA) is 50.8 Å². The van der Waals surface area contributed by atoms with Crippen LogP contribution in [0.4, 0.5) is 5.69 Å². The summed E-state index contributed by atoms with van der Waals surface area (Å²) < 4.78 is 11.2.